The Labute approximate surface area is 97.9 Å². The number of H-pyrrole nitrogens is 1. The molecule has 0 saturated heterocycles. The summed E-state index contributed by atoms with van der Waals surface area (Å²) in [6.45, 7) is 1.96. The summed E-state index contributed by atoms with van der Waals surface area (Å²) in [7, 11) is 1.82. The van der Waals surface area contributed by atoms with Gasteiger partial charge < -0.3 is 10.3 Å². The second-order valence-electron chi connectivity index (χ2n) is 4.04. The SMILES string of the molecule is CNC(C)Cc1nc2c(F)cccc2c(=O)[nH]1. The van der Waals surface area contributed by atoms with Crippen molar-refractivity contribution in [2.24, 2.45) is 0 Å². The molecule has 5 heteroatoms. The first kappa shape index (κ1) is 11.7. The van der Waals surface area contributed by atoms with Gasteiger partial charge in [-0.15, -0.1) is 0 Å². The third-order valence-corrected chi connectivity index (χ3v) is 2.73. The summed E-state index contributed by atoms with van der Waals surface area (Å²) in [6.07, 6.45) is 0.552. The first-order valence-corrected chi connectivity index (χ1v) is 5.46. The summed E-state index contributed by atoms with van der Waals surface area (Å²) in [5, 5.41) is 3.32. The van der Waals surface area contributed by atoms with Gasteiger partial charge in [-0.3, -0.25) is 4.79 Å². The Morgan fingerprint density at radius 1 is 1.53 bits per heavy atom. The average molecular weight is 235 g/mol. The number of halogens is 1. The van der Waals surface area contributed by atoms with Crippen molar-refractivity contribution < 1.29 is 4.39 Å². The Balaban J connectivity index is 2.54. The summed E-state index contributed by atoms with van der Waals surface area (Å²) in [5.74, 6) is 0.0291. The molecule has 0 aliphatic heterocycles. The topological polar surface area (TPSA) is 57.8 Å². The zero-order valence-electron chi connectivity index (χ0n) is 9.75. The first-order valence-electron chi connectivity index (χ1n) is 5.46. The lowest BCUT2D eigenvalue weighted by Gasteiger charge is -2.09. The van der Waals surface area contributed by atoms with Crippen LogP contribution in [0.4, 0.5) is 4.39 Å². The normalized spacial score (nSPS) is 12.9. The second-order valence-corrected chi connectivity index (χ2v) is 4.04. The molecule has 90 valence electrons. The van der Waals surface area contributed by atoms with Gasteiger partial charge in [0.25, 0.3) is 5.56 Å². The van der Waals surface area contributed by atoms with Gasteiger partial charge >= 0.3 is 0 Å². The van der Waals surface area contributed by atoms with E-state index in [1.165, 1.54) is 12.1 Å². The van der Waals surface area contributed by atoms with Crippen LogP contribution in [-0.4, -0.2) is 23.1 Å². The predicted molar refractivity (Wildman–Crippen MR) is 64.5 cm³/mol. The van der Waals surface area contributed by atoms with E-state index >= 15 is 0 Å². The van der Waals surface area contributed by atoms with Gasteiger partial charge in [0.15, 0.2) is 0 Å². The van der Waals surface area contributed by atoms with Crippen LogP contribution in [0, 0.1) is 5.82 Å². The molecule has 1 heterocycles. The maximum Gasteiger partial charge on any atom is 0.258 e. The van der Waals surface area contributed by atoms with E-state index in [-0.39, 0.29) is 22.5 Å². The standard InChI is InChI=1S/C12H14FN3O/c1-7(14-2)6-10-15-11-8(12(17)16-10)4-3-5-9(11)13/h3-5,7,14H,6H2,1-2H3,(H,15,16,17). The summed E-state index contributed by atoms with van der Waals surface area (Å²) in [5.41, 5.74) is -0.164. The van der Waals surface area contributed by atoms with E-state index < -0.39 is 5.82 Å². The van der Waals surface area contributed by atoms with Crippen LogP contribution < -0.4 is 10.9 Å². The van der Waals surface area contributed by atoms with Gasteiger partial charge in [0, 0.05) is 12.5 Å². The third-order valence-electron chi connectivity index (χ3n) is 2.73. The van der Waals surface area contributed by atoms with E-state index in [0.717, 1.165) is 0 Å². The Morgan fingerprint density at radius 2 is 2.29 bits per heavy atom. The molecule has 1 aromatic carbocycles. The van der Waals surface area contributed by atoms with E-state index in [2.05, 4.69) is 15.3 Å². The lowest BCUT2D eigenvalue weighted by molar-refractivity contribution is 0.589. The number of nitrogens with one attached hydrogen (secondary N) is 2. The fraction of sp³-hybridized carbons (Fsp3) is 0.333. The molecule has 0 bridgehead atoms. The quantitative estimate of drug-likeness (QED) is 0.840. The van der Waals surface area contributed by atoms with Crippen molar-refractivity contribution in [2.45, 2.75) is 19.4 Å². The van der Waals surface area contributed by atoms with Crippen LogP contribution in [0.25, 0.3) is 10.9 Å². The van der Waals surface area contributed by atoms with Crippen LogP contribution in [0.1, 0.15) is 12.7 Å². The minimum Gasteiger partial charge on any atom is -0.317 e. The average Bonchev–Trinajstić information content (AvgIpc) is 2.30. The molecule has 1 atom stereocenters. The number of nitrogens with zero attached hydrogens (tertiary/aromatic N) is 1. The molecule has 0 aliphatic carbocycles. The van der Waals surface area contributed by atoms with Gasteiger partial charge in [0.2, 0.25) is 0 Å². The molecule has 2 rings (SSSR count). The number of rotatable bonds is 3. The largest absolute Gasteiger partial charge is 0.317 e. The number of aromatic amines is 1. The van der Waals surface area contributed by atoms with Gasteiger partial charge in [-0.2, -0.15) is 0 Å². The molecule has 4 nitrogen and oxygen atoms in total. The molecule has 0 radical (unpaired) electrons. The van der Waals surface area contributed by atoms with Crippen molar-refractivity contribution in [1.29, 1.82) is 0 Å². The molecule has 2 N–H and O–H groups in total. The summed E-state index contributed by atoms with van der Waals surface area (Å²) in [6, 6.07) is 4.54. The highest BCUT2D eigenvalue weighted by molar-refractivity contribution is 5.77. The van der Waals surface area contributed by atoms with E-state index in [0.29, 0.717) is 12.2 Å². The molecule has 0 spiro atoms. The number of fused-ring (bicyclic) bond motifs is 1. The Morgan fingerprint density at radius 3 is 3.00 bits per heavy atom. The van der Waals surface area contributed by atoms with Gasteiger partial charge in [-0.05, 0) is 26.1 Å². The maximum atomic E-state index is 13.5. The van der Waals surface area contributed by atoms with Gasteiger partial charge in [-0.25, -0.2) is 9.37 Å². The van der Waals surface area contributed by atoms with Crippen molar-refractivity contribution in [2.75, 3.05) is 7.05 Å². The monoisotopic (exact) mass is 235 g/mol. The molecule has 1 aromatic heterocycles. The smallest absolute Gasteiger partial charge is 0.258 e. The van der Waals surface area contributed by atoms with Gasteiger partial charge in [0.05, 0.1) is 5.39 Å². The molecule has 2 aromatic rings. The molecular formula is C12H14FN3O. The molecule has 0 amide bonds. The zero-order valence-corrected chi connectivity index (χ0v) is 9.75. The molecular weight excluding hydrogens is 221 g/mol. The third kappa shape index (κ3) is 2.34. The molecule has 17 heavy (non-hydrogen) atoms. The lowest BCUT2D eigenvalue weighted by atomic mass is 10.2. The lowest BCUT2D eigenvalue weighted by Crippen LogP contribution is -2.26. The zero-order chi connectivity index (χ0) is 12.4. The summed E-state index contributed by atoms with van der Waals surface area (Å²) >= 11 is 0. The van der Waals surface area contributed by atoms with Crippen LogP contribution in [0.2, 0.25) is 0 Å². The van der Waals surface area contributed by atoms with Crippen LogP contribution in [0.5, 0.6) is 0 Å². The molecule has 1 unspecified atom stereocenters. The minimum atomic E-state index is -0.466. The minimum absolute atomic E-state index is 0.134. The van der Waals surface area contributed by atoms with Crippen molar-refractivity contribution in [3.8, 4) is 0 Å². The van der Waals surface area contributed by atoms with E-state index in [9.17, 15) is 9.18 Å². The van der Waals surface area contributed by atoms with E-state index in [1.54, 1.807) is 6.07 Å². The first-order chi connectivity index (χ1) is 8.11. The van der Waals surface area contributed by atoms with E-state index in [1.807, 2.05) is 14.0 Å². The summed E-state index contributed by atoms with van der Waals surface area (Å²) < 4.78 is 13.5. The molecule has 0 aliphatic rings. The Kier molecular flexibility index (Phi) is 3.19. The number of hydrogen-bond acceptors (Lipinski definition) is 3. The molecule has 0 saturated carbocycles. The van der Waals surface area contributed by atoms with Crippen LogP contribution >= 0.6 is 0 Å². The van der Waals surface area contributed by atoms with Gasteiger partial charge in [0.1, 0.15) is 17.2 Å². The van der Waals surface area contributed by atoms with Crippen molar-refractivity contribution in [1.82, 2.24) is 15.3 Å². The fourth-order valence-electron chi connectivity index (χ4n) is 1.66. The van der Waals surface area contributed by atoms with Gasteiger partial charge in [-0.1, -0.05) is 6.07 Å². The van der Waals surface area contributed by atoms with Crippen molar-refractivity contribution in [3.63, 3.8) is 0 Å². The van der Waals surface area contributed by atoms with Crippen LogP contribution in [0.15, 0.2) is 23.0 Å². The van der Waals surface area contributed by atoms with Crippen molar-refractivity contribution in [3.05, 3.63) is 40.2 Å². The second kappa shape index (κ2) is 4.63. The van der Waals surface area contributed by atoms with Crippen LogP contribution in [-0.2, 0) is 6.42 Å². The van der Waals surface area contributed by atoms with Crippen molar-refractivity contribution >= 4 is 10.9 Å². The van der Waals surface area contributed by atoms with Crippen LogP contribution in [0.3, 0.4) is 0 Å². The number of likely N-dealkylation sites (N-methyl/N-ethyl adjacent to an activating group) is 1. The fourth-order valence-corrected chi connectivity index (χ4v) is 1.66. The van der Waals surface area contributed by atoms with E-state index in [4.69, 9.17) is 0 Å². The summed E-state index contributed by atoms with van der Waals surface area (Å²) in [4.78, 5) is 18.6. The highest BCUT2D eigenvalue weighted by Crippen LogP contribution is 2.11. The number of benzene rings is 1. The number of hydrogen-bond donors (Lipinski definition) is 2. The number of para-hydroxylation sites is 1. The Bertz CT molecular complexity index is 594. The Hall–Kier alpha value is -1.75. The number of aromatic nitrogens is 2. The maximum absolute atomic E-state index is 13.5. The highest BCUT2D eigenvalue weighted by atomic mass is 19.1. The molecule has 0 fully saturated rings. The predicted octanol–water partition coefficient (Wildman–Crippen LogP) is 1.21. The highest BCUT2D eigenvalue weighted by Gasteiger charge is 2.09.